The number of Topliss-reactive ketones (excluding diaryl/α,β-unsaturated/α-hetero) is 1. The van der Waals surface area contributed by atoms with Gasteiger partial charge in [0, 0.05) is 31.5 Å². The number of hydrogen-bond donors (Lipinski definition) is 1. The van der Waals surface area contributed by atoms with Crippen LogP contribution in [0.5, 0.6) is 11.5 Å². The van der Waals surface area contributed by atoms with E-state index in [1.165, 1.54) is 0 Å². The van der Waals surface area contributed by atoms with Crippen molar-refractivity contribution in [1.29, 1.82) is 0 Å². The Labute approximate surface area is 118 Å². The summed E-state index contributed by atoms with van der Waals surface area (Å²) in [5.74, 6) is 1.46. The minimum Gasteiger partial charge on any atom is -0.490 e. The van der Waals surface area contributed by atoms with Gasteiger partial charge >= 0.3 is 0 Å². The molecule has 5 nitrogen and oxygen atoms in total. The Morgan fingerprint density at radius 3 is 2.85 bits per heavy atom. The Hall–Kier alpha value is -1.59. The highest BCUT2D eigenvalue weighted by Gasteiger charge is 2.20. The van der Waals surface area contributed by atoms with Crippen molar-refractivity contribution < 1.29 is 19.0 Å². The van der Waals surface area contributed by atoms with Gasteiger partial charge in [-0.25, -0.2) is 0 Å². The first-order valence-electron chi connectivity index (χ1n) is 7.08. The molecular weight excluding hydrogens is 258 g/mol. The minimum atomic E-state index is -0.0350. The molecule has 1 N–H and O–H groups in total. The Bertz CT molecular complexity index is 483. The number of morpholine rings is 1. The molecule has 0 saturated carbocycles. The van der Waals surface area contributed by atoms with Crippen LogP contribution in [0.1, 0.15) is 23.2 Å². The normalized spacial score (nSPS) is 22.1. The maximum Gasteiger partial charge on any atom is 0.165 e. The molecule has 0 bridgehead atoms. The van der Waals surface area contributed by atoms with Crippen LogP contribution in [0, 0.1) is 0 Å². The lowest BCUT2D eigenvalue weighted by Gasteiger charge is -2.23. The average molecular weight is 277 g/mol. The topological polar surface area (TPSA) is 56.8 Å². The molecule has 1 aromatic carbocycles. The monoisotopic (exact) mass is 277 g/mol. The average Bonchev–Trinajstić information content (AvgIpc) is 2.72. The maximum atomic E-state index is 12.3. The van der Waals surface area contributed by atoms with E-state index in [4.69, 9.17) is 14.2 Å². The van der Waals surface area contributed by atoms with E-state index < -0.39 is 0 Å². The number of carbonyl (C=O) groups excluding carboxylic acids is 1. The molecule has 0 amide bonds. The van der Waals surface area contributed by atoms with Crippen molar-refractivity contribution in [3.63, 3.8) is 0 Å². The first-order valence-corrected chi connectivity index (χ1v) is 7.08. The SMILES string of the molecule is O=C(CC1CNCCO1)c1ccc2c(c1)OCCCO2. The minimum absolute atomic E-state index is 0.0350. The van der Waals surface area contributed by atoms with Crippen molar-refractivity contribution in [2.75, 3.05) is 32.9 Å². The number of rotatable bonds is 3. The van der Waals surface area contributed by atoms with E-state index in [0.717, 1.165) is 25.3 Å². The Balaban J connectivity index is 1.69. The summed E-state index contributed by atoms with van der Waals surface area (Å²) in [4.78, 5) is 12.3. The Morgan fingerprint density at radius 1 is 1.20 bits per heavy atom. The molecule has 5 heteroatoms. The molecule has 1 saturated heterocycles. The number of nitrogens with one attached hydrogen (secondary N) is 1. The number of ketones is 1. The molecule has 1 aromatic rings. The molecule has 0 aliphatic carbocycles. The fraction of sp³-hybridized carbons (Fsp3) is 0.533. The van der Waals surface area contributed by atoms with Crippen molar-refractivity contribution in [3.8, 4) is 11.5 Å². The molecule has 2 heterocycles. The van der Waals surface area contributed by atoms with Gasteiger partial charge in [-0.15, -0.1) is 0 Å². The molecule has 1 unspecified atom stereocenters. The van der Waals surface area contributed by atoms with Crippen LogP contribution in [0.15, 0.2) is 18.2 Å². The second-order valence-electron chi connectivity index (χ2n) is 5.04. The fourth-order valence-corrected chi connectivity index (χ4v) is 2.41. The smallest absolute Gasteiger partial charge is 0.165 e. The molecule has 1 fully saturated rings. The zero-order valence-corrected chi connectivity index (χ0v) is 11.4. The van der Waals surface area contributed by atoms with Gasteiger partial charge in [-0.3, -0.25) is 4.79 Å². The molecule has 20 heavy (non-hydrogen) atoms. The largest absolute Gasteiger partial charge is 0.490 e. The first-order chi connectivity index (χ1) is 9.83. The maximum absolute atomic E-state index is 12.3. The molecule has 3 rings (SSSR count). The van der Waals surface area contributed by atoms with Gasteiger partial charge in [-0.2, -0.15) is 0 Å². The lowest BCUT2D eigenvalue weighted by Crippen LogP contribution is -2.39. The molecule has 0 spiro atoms. The summed E-state index contributed by atoms with van der Waals surface area (Å²) in [5.41, 5.74) is 0.656. The second kappa shape index (κ2) is 6.24. The van der Waals surface area contributed by atoms with Gasteiger partial charge < -0.3 is 19.5 Å². The summed E-state index contributed by atoms with van der Waals surface area (Å²) in [6.07, 6.45) is 1.22. The van der Waals surface area contributed by atoms with Crippen LogP contribution in [0.3, 0.4) is 0 Å². The summed E-state index contributed by atoms with van der Waals surface area (Å²) in [6.45, 7) is 3.53. The summed E-state index contributed by atoms with van der Waals surface area (Å²) in [7, 11) is 0. The molecule has 1 atom stereocenters. The third-order valence-electron chi connectivity index (χ3n) is 3.49. The van der Waals surface area contributed by atoms with Gasteiger partial charge in [-0.1, -0.05) is 0 Å². The van der Waals surface area contributed by atoms with Crippen molar-refractivity contribution in [1.82, 2.24) is 5.32 Å². The number of carbonyl (C=O) groups is 1. The molecule has 2 aliphatic rings. The van der Waals surface area contributed by atoms with Gasteiger partial charge in [0.05, 0.1) is 25.9 Å². The zero-order valence-electron chi connectivity index (χ0n) is 11.4. The number of benzene rings is 1. The lowest BCUT2D eigenvalue weighted by atomic mass is 10.0. The third kappa shape index (κ3) is 3.11. The van der Waals surface area contributed by atoms with Gasteiger partial charge in [0.25, 0.3) is 0 Å². The van der Waals surface area contributed by atoms with E-state index in [9.17, 15) is 4.79 Å². The van der Waals surface area contributed by atoms with Crippen molar-refractivity contribution in [2.45, 2.75) is 18.9 Å². The van der Waals surface area contributed by atoms with E-state index in [-0.39, 0.29) is 11.9 Å². The predicted molar refractivity (Wildman–Crippen MR) is 73.6 cm³/mol. The van der Waals surface area contributed by atoms with Crippen LogP contribution in [0.4, 0.5) is 0 Å². The second-order valence-corrected chi connectivity index (χ2v) is 5.04. The predicted octanol–water partition coefficient (Wildman–Crippen LogP) is 1.41. The highest BCUT2D eigenvalue weighted by atomic mass is 16.5. The number of hydrogen-bond acceptors (Lipinski definition) is 5. The number of ether oxygens (including phenoxy) is 3. The van der Waals surface area contributed by atoms with E-state index in [2.05, 4.69) is 5.32 Å². The van der Waals surface area contributed by atoms with Gasteiger partial charge in [0.15, 0.2) is 17.3 Å². The van der Waals surface area contributed by atoms with Crippen LogP contribution >= 0.6 is 0 Å². The van der Waals surface area contributed by atoms with Gasteiger partial charge in [-0.05, 0) is 18.2 Å². The van der Waals surface area contributed by atoms with Crippen LogP contribution in [-0.4, -0.2) is 44.8 Å². The highest BCUT2D eigenvalue weighted by molar-refractivity contribution is 5.97. The summed E-state index contributed by atoms with van der Waals surface area (Å²) in [5, 5.41) is 3.23. The van der Waals surface area contributed by atoms with E-state index in [1.54, 1.807) is 12.1 Å². The Morgan fingerprint density at radius 2 is 2.05 bits per heavy atom. The van der Waals surface area contributed by atoms with Crippen molar-refractivity contribution >= 4 is 5.78 Å². The molecule has 108 valence electrons. The Kier molecular flexibility index (Phi) is 4.18. The first kappa shape index (κ1) is 13.4. The molecule has 0 radical (unpaired) electrons. The van der Waals surface area contributed by atoms with E-state index >= 15 is 0 Å². The van der Waals surface area contributed by atoms with E-state index in [0.29, 0.717) is 37.6 Å². The summed E-state index contributed by atoms with van der Waals surface area (Å²) in [6, 6.07) is 5.39. The van der Waals surface area contributed by atoms with Gasteiger partial charge in [0.1, 0.15) is 0 Å². The quantitative estimate of drug-likeness (QED) is 0.847. The summed E-state index contributed by atoms with van der Waals surface area (Å²) < 4.78 is 16.7. The summed E-state index contributed by atoms with van der Waals surface area (Å²) >= 11 is 0. The van der Waals surface area contributed by atoms with Crippen LogP contribution in [-0.2, 0) is 4.74 Å². The lowest BCUT2D eigenvalue weighted by molar-refractivity contribution is 0.0240. The molecular formula is C15H19NO4. The fourth-order valence-electron chi connectivity index (χ4n) is 2.41. The van der Waals surface area contributed by atoms with Crippen LogP contribution in [0.2, 0.25) is 0 Å². The molecule has 2 aliphatic heterocycles. The highest BCUT2D eigenvalue weighted by Crippen LogP contribution is 2.30. The van der Waals surface area contributed by atoms with Crippen LogP contribution in [0.25, 0.3) is 0 Å². The van der Waals surface area contributed by atoms with Crippen molar-refractivity contribution in [3.05, 3.63) is 23.8 Å². The zero-order chi connectivity index (χ0) is 13.8. The third-order valence-corrected chi connectivity index (χ3v) is 3.49. The number of fused-ring (bicyclic) bond motifs is 1. The van der Waals surface area contributed by atoms with E-state index in [1.807, 2.05) is 6.07 Å². The standard InChI is InChI=1S/C15H19NO4/c17-13(9-12-10-16-4-7-18-12)11-2-3-14-15(8-11)20-6-1-5-19-14/h2-3,8,12,16H,1,4-7,9-10H2. The molecule has 0 aromatic heterocycles. The van der Waals surface area contributed by atoms with Crippen molar-refractivity contribution in [2.24, 2.45) is 0 Å². The van der Waals surface area contributed by atoms with Crippen LogP contribution < -0.4 is 14.8 Å². The van der Waals surface area contributed by atoms with Gasteiger partial charge in [0.2, 0.25) is 0 Å².